The summed E-state index contributed by atoms with van der Waals surface area (Å²) in [5.41, 5.74) is 1.21. The van der Waals surface area contributed by atoms with E-state index in [2.05, 4.69) is 19.9 Å². The minimum absolute atomic E-state index is 0.541. The molecule has 88 valence electrons. The first-order valence-electron chi connectivity index (χ1n) is 5.39. The molecule has 1 N–H and O–H groups in total. The highest BCUT2D eigenvalue weighted by atomic mass is 16.4. The summed E-state index contributed by atoms with van der Waals surface area (Å²) in [6.45, 7) is 0.657. The molecule has 0 aromatic carbocycles. The number of aliphatic carboxylic acids is 1. The number of imidazole rings is 1. The summed E-state index contributed by atoms with van der Waals surface area (Å²) in [5, 5.41) is 11.0. The number of carbonyl (C=O) groups is 1. The molecule has 3 heterocycles. The molecule has 7 nitrogen and oxygen atoms in total. The maximum atomic E-state index is 11.0. The molecule has 0 aliphatic carbocycles. The molecule has 0 saturated carbocycles. The molecule has 2 aromatic rings. The second kappa shape index (κ2) is 3.69. The minimum atomic E-state index is -1.06. The summed E-state index contributed by atoms with van der Waals surface area (Å²) < 4.78 is 0. The van der Waals surface area contributed by atoms with E-state index in [9.17, 15) is 9.90 Å². The number of carboxylic acid groups (broad SMARTS) is 1. The highest BCUT2D eigenvalue weighted by Gasteiger charge is 2.28. The van der Waals surface area contributed by atoms with Gasteiger partial charge in [0.1, 0.15) is 11.8 Å². The standard InChI is InChI=1S/C10H11N5O2/c16-10(17)6-2-1-3-15(6)9-7-8(12-4-11-7)13-5-14-9/h4-6H,1-3H2,(H,16,17)(H,11,12,13,14)/p-1/t6-/m1/s1. The molecule has 0 amide bonds. The van der Waals surface area contributed by atoms with Gasteiger partial charge in [-0.05, 0) is 12.8 Å². The SMILES string of the molecule is O=C([O-])[C@H]1CCCN1c1ncnc2nc[nH]c12. The van der Waals surface area contributed by atoms with Crippen molar-refractivity contribution in [2.24, 2.45) is 0 Å². The van der Waals surface area contributed by atoms with Crippen LogP contribution in [0.5, 0.6) is 0 Å². The van der Waals surface area contributed by atoms with E-state index in [1.165, 1.54) is 12.7 Å². The summed E-state index contributed by atoms with van der Waals surface area (Å²) in [6, 6.07) is -0.614. The topological polar surface area (TPSA) is 97.8 Å². The smallest absolute Gasteiger partial charge is 0.182 e. The fraction of sp³-hybridized carbons (Fsp3) is 0.400. The number of fused-ring (bicyclic) bond motifs is 1. The third kappa shape index (κ3) is 1.50. The molecule has 0 bridgehead atoms. The Bertz CT molecular complexity index is 567. The van der Waals surface area contributed by atoms with Crippen LogP contribution in [0.3, 0.4) is 0 Å². The van der Waals surface area contributed by atoms with Crippen molar-refractivity contribution < 1.29 is 9.90 Å². The summed E-state index contributed by atoms with van der Waals surface area (Å²) in [6.07, 6.45) is 4.32. The number of aromatic amines is 1. The van der Waals surface area contributed by atoms with Crippen LogP contribution in [0.1, 0.15) is 12.8 Å². The van der Waals surface area contributed by atoms with Crippen LogP contribution in [0.15, 0.2) is 12.7 Å². The average molecular weight is 232 g/mol. The summed E-state index contributed by atoms with van der Waals surface area (Å²) in [4.78, 5) is 27.9. The second-order valence-corrected chi connectivity index (χ2v) is 3.97. The molecule has 7 heteroatoms. The van der Waals surface area contributed by atoms with Crippen molar-refractivity contribution in [3.8, 4) is 0 Å². The second-order valence-electron chi connectivity index (χ2n) is 3.97. The third-order valence-electron chi connectivity index (χ3n) is 3.00. The van der Waals surface area contributed by atoms with E-state index in [-0.39, 0.29) is 0 Å². The van der Waals surface area contributed by atoms with Gasteiger partial charge in [0.25, 0.3) is 0 Å². The zero-order valence-corrected chi connectivity index (χ0v) is 8.96. The summed E-state index contributed by atoms with van der Waals surface area (Å²) >= 11 is 0. The minimum Gasteiger partial charge on any atom is -0.548 e. The molecule has 1 aliphatic rings. The molecular formula is C10H10N5O2-. The average Bonchev–Trinajstić information content (AvgIpc) is 2.97. The zero-order valence-electron chi connectivity index (χ0n) is 8.96. The van der Waals surface area contributed by atoms with Crippen LogP contribution >= 0.6 is 0 Å². The Morgan fingerprint density at radius 3 is 3.18 bits per heavy atom. The van der Waals surface area contributed by atoms with E-state index in [1.807, 2.05) is 0 Å². The summed E-state index contributed by atoms with van der Waals surface area (Å²) in [5.74, 6) is -0.479. The number of aromatic nitrogens is 4. The van der Waals surface area contributed by atoms with Gasteiger partial charge in [0, 0.05) is 6.54 Å². The molecule has 1 saturated heterocycles. The molecule has 1 fully saturated rings. The molecule has 0 spiro atoms. The van der Waals surface area contributed by atoms with E-state index in [0.717, 1.165) is 6.42 Å². The Labute approximate surface area is 96.5 Å². The van der Waals surface area contributed by atoms with Gasteiger partial charge >= 0.3 is 0 Å². The highest BCUT2D eigenvalue weighted by Crippen LogP contribution is 2.27. The molecule has 0 unspecified atom stereocenters. The van der Waals surface area contributed by atoms with E-state index in [4.69, 9.17) is 0 Å². The van der Waals surface area contributed by atoms with Crippen molar-refractivity contribution in [3.63, 3.8) is 0 Å². The Kier molecular flexibility index (Phi) is 2.17. The van der Waals surface area contributed by atoms with Crippen molar-refractivity contribution in [1.82, 2.24) is 19.9 Å². The first-order valence-corrected chi connectivity index (χ1v) is 5.39. The van der Waals surface area contributed by atoms with Crippen LogP contribution in [0.2, 0.25) is 0 Å². The zero-order chi connectivity index (χ0) is 11.8. The lowest BCUT2D eigenvalue weighted by molar-refractivity contribution is -0.307. The predicted molar refractivity (Wildman–Crippen MR) is 57.1 cm³/mol. The van der Waals surface area contributed by atoms with Gasteiger partial charge in [-0.2, -0.15) is 0 Å². The lowest BCUT2D eigenvalue weighted by Crippen LogP contribution is -2.44. The maximum absolute atomic E-state index is 11.0. The number of carboxylic acids is 1. The van der Waals surface area contributed by atoms with Crippen LogP contribution < -0.4 is 10.0 Å². The lowest BCUT2D eigenvalue weighted by Gasteiger charge is -2.26. The van der Waals surface area contributed by atoms with E-state index in [0.29, 0.717) is 29.9 Å². The van der Waals surface area contributed by atoms with Gasteiger partial charge in [-0.25, -0.2) is 15.0 Å². The highest BCUT2D eigenvalue weighted by molar-refractivity contribution is 5.86. The predicted octanol–water partition coefficient (Wildman–Crippen LogP) is -0.928. The van der Waals surface area contributed by atoms with Gasteiger partial charge in [0.2, 0.25) is 0 Å². The Morgan fingerprint density at radius 2 is 2.35 bits per heavy atom. The van der Waals surface area contributed by atoms with Gasteiger partial charge in [0.05, 0.1) is 18.3 Å². The van der Waals surface area contributed by atoms with Gasteiger partial charge < -0.3 is 19.8 Å². The molecule has 1 atom stereocenters. The molecule has 1 aliphatic heterocycles. The number of carbonyl (C=O) groups excluding carboxylic acids is 1. The maximum Gasteiger partial charge on any atom is 0.182 e. The van der Waals surface area contributed by atoms with Gasteiger partial charge in [-0.3, -0.25) is 0 Å². The van der Waals surface area contributed by atoms with Crippen LogP contribution in [-0.4, -0.2) is 38.5 Å². The number of hydrogen-bond acceptors (Lipinski definition) is 6. The molecule has 3 rings (SSSR count). The van der Waals surface area contributed by atoms with Crippen LogP contribution in [0.4, 0.5) is 5.82 Å². The molecule has 17 heavy (non-hydrogen) atoms. The normalized spacial score (nSPS) is 20.0. The Balaban J connectivity index is 2.08. The lowest BCUT2D eigenvalue weighted by atomic mass is 10.2. The molecular weight excluding hydrogens is 222 g/mol. The molecule has 0 radical (unpaired) electrons. The van der Waals surface area contributed by atoms with E-state index < -0.39 is 12.0 Å². The number of anilines is 1. The van der Waals surface area contributed by atoms with Crippen molar-refractivity contribution in [2.45, 2.75) is 18.9 Å². The van der Waals surface area contributed by atoms with Gasteiger partial charge in [-0.15, -0.1) is 0 Å². The fourth-order valence-electron chi connectivity index (χ4n) is 2.24. The number of rotatable bonds is 2. The van der Waals surface area contributed by atoms with Crippen molar-refractivity contribution in [3.05, 3.63) is 12.7 Å². The first kappa shape index (κ1) is 10.0. The Morgan fingerprint density at radius 1 is 1.47 bits per heavy atom. The number of nitrogens with zero attached hydrogens (tertiary/aromatic N) is 4. The van der Waals surface area contributed by atoms with Gasteiger partial charge in [0.15, 0.2) is 11.5 Å². The van der Waals surface area contributed by atoms with Crippen molar-refractivity contribution in [1.29, 1.82) is 0 Å². The monoisotopic (exact) mass is 232 g/mol. The van der Waals surface area contributed by atoms with Gasteiger partial charge in [-0.1, -0.05) is 0 Å². The quantitative estimate of drug-likeness (QED) is 0.718. The number of H-pyrrole nitrogens is 1. The van der Waals surface area contributed by atoms with Crippen molar-refractivity contribution in [2.75, 3.05) is 11.4 Å². The first-order chi connectivity index (χ1) is 8.27. The molecule has 2 aromatic heterocycles. The fourth-order valence-corrected chi connectivity index (χ4v) is 2.24. The largest absolute Gasteiger partial charge is 0.548 e. The van der Waals surface area contributed by atoms with Crippen LogP contribution in [0.25, 0.3) is 11.2 Å². The third-order valence-corrected chi connectivity index (χ3v) is 3.00. The number of nitrogens with one attached hydrogen (secondary N) is 1. The van der Waals surface area contributed by atoms with Crippen LogP contribution in [-0.2, 0) is 4.79 Å². The summed E-state index contributed by atoms with van der Waals surface area (Å²) in [7, 11) is 0. The Hall–Kier alpha value is -2.18. The van der Waals surface area contributed by atoms with E-state index >= 15 is 0 Å². The number of hydrogen-bond donors (Lipinski definition) is 1. The van der Waals surface area contributed by atoms with E-state index in [1.54, 1.807) is 4.90 Å². The van der Waals surface area contributed by atoms with Crippen LogP contribution in [0, 0.1) is 0 Å². The van der Waals surface area contributed by atoms with Crippen molar-refractivity contribution >= 4 is 23.0 Å².